The predicted octanol–water partition coefficient (Wildman–Crippen LogP) is 5.92. The third kappa shape index (κ3) is 3.29. The lowest BCUT2D eigenvalue weighted by atomic mass is 9.59. The van der Waals surface area contributed by atoms with E-state index in [0.717, 1.165) is 11.1 Å². The molecular formula is C25H19Cl3N2O2. The van der Waals surface area contributed by atoms with Crippen LogP contribution in [0.25, 0.3) is 0 Å². The summed E-state index contributed by atoms with van der Waals surface area (Å²) in [6.45, 7) is 0.272. The lowest BCUT2D eigenvalue weighted by Crippen LogP contribution is -2.47. The molecule has 3 aromatic carbocycles. The maximum absolute atomic E-state index is 14.0. The van der Waals surface area contributed by atoms with Crippen LogP contribution in [0.2, 0.25) is 15.1 Å². The van der Waals surface area contributed by atoms with Crippen LogP contribution >= 0.6 is 34.8 Å². The highest BCUT2D eigenvalue weighted by Crippen LogP contribution is 2.58. The highest BCUT2D eigenvalue weighted by Gasteiger charge is 2.60. The summed E-state index contributed by atoms with van der Waals surface area (Å²) < 4.78 is 0. The molecule has 2 N–H and O–H groups in total. The Balaban J connectivity index is 1.86. The lowest BCUT2D eigenvalue weighted by molar-refractivity contribution is -0.123. The van der Waals surface area contributed by atoms with E-state index in [4.69, 9.17) is 34.8 Å². The molecule has 2 heterocycles. The Morgan fingerprint density at radius 2 is 1.44 bits per heavy atom. The summed E-state index contributed by atoms with van der Waals surface area (Å²) >= 11 is 19.4. The van der Waals surface area contributed by atoms with Crippen molar-refractivity contribution in [2.45, 2.75) is 23.7 Å². The molecule has 32 heavy (non-hydrogen) atoms. The molecule has 0 saturated carbocycles. The third-order valence-corrected chi connectivity index (χ3v) is 7.33. The number of carbonyl (C=O) groups excluding carboxylic acids is 2. The van der Waals surface area contributed by atoms with Crippen molar-refractivity contribution in [3.63, 3.8) is 0 Å². The van der Waals surface area contributed by atoms with Crippen LogP contribution < -0.4 is 10.6 Å². The van der Waals surface area contributed by atoms with Crippen molar-refractivity contribution in [3.05, 3.63) is 98.5 Å². The molecule has 1 spiro atoms. The van der Waals surface area contributed by atoms with Crippen LogP contribution in [0.3, 0.4) is 0 Å². The minimum Gasteiger partial charge on any atom is -0.355 e. The largest absolute Gasteiger partial charge is 0.355 e. The van der Waals surface area contributed by atoms with Gasteiger partial charge in [0.15, 0.2) is 0 Å². The van der Waals surface area contributed by atoms with Crippen LogP contribution in [0.15, 0.2) is 66.7 Å². The molecule has 0 aromatic heterocycles. The quantitative estimate of drug-likeness (QED) is 0.473. The fraction of sp³-hybridized carbons (Fsp3) is 0.200. The minimum atomic E-state index is -1.14. The van der Waals surface area contributed by atoms with Gasteiger partial charge in [-0.15, -0.1) is 0 Å². The zero-order chi connectivity index (χ0) is 22.5. The second-order valence-electron chi connectivity index (χ2n) is 8.21. The summed E-state index contributed by atoms with van der Waals surface area (Å²) in [6.07, 6.45) is 0.121. The number of fused-ring (bicyclic) bond motifs is 2. The molecule has 0 aliphatic carbocycles. The molecular weight excluding hydrogens is 467 g/mol. The van der Waals surface area contributed by atoms with Crippen molar-refractivity contribution >= 4 is 52.3 Å². The van der Waals surface area contributed by atoms with Crippen molar-refractivity contribution in [2.75, 3.05) is 11.9 Å². The Kier molecular flexibility index (Phi) is 5.40. The van der Waals surface area contributed by atoms with Gasteiger partial charge in [0, 0.05) is 51.1 Å². The number of hydrogen-bond acceptors (Lipinski definition) is 2. The number of rotatable bonds is 2. The van der Waals surface area contributed by atoms with E-state index in [1.807, 2.05) is 48.5 Å². The van der Waals surface area contributed by atoms with Gasteiger partial charge in [-0.05, 0) is 47.5 Å². The first kappa shape index (κ1) is 21.3. The summed E-state index contributed by atoms with van der Waals surface area (Å²) in [5, 5.41) is 7.63. The molecule has 2 aliphatic heterocycles. The second kappa shape index (κ2) is 8.11. The normalized spacial score (nSPS) is 24.6. The van der Waals surface area contributed by atoms with Gasteiger partial charge in [0.2, 0.25) is 11.8 Å². The Morgan fingerprint density at radius 1 is 0.812 bits per heavy atom. The summed E-state index contributed by atoms with van der Waals surface area (Å²) in [5.41, 5.74) is 1.90. The smallest absolute Gasteiger partial charge is 0.236 e. The van der Waals surface area contributed by atoms with E-state index in [0.29, 0.717) is 26.3 Å². The van der Waals surface area contributed by atoms with Gasteiger partial charge in [-0.25, -0.2) is 0 Å². The van der Waals surface area contributed by atoms with Crippen LogP contribution in [-0.2, 0) is 15.0 Å². The average Bonchev–Trinajstić information content (AvgIpc) is 2.96. The van der Waals surface area contributed by atoms with Gasteiger partial charge in [0.1, 0.15) is 0 Å². The summed E-state index contributed by atoms with van der Waals surface area (Å²) in [6, 6.07) is 20.2. The fourth-order valence-corrected chi connectivity index (χ4v) is 6.03. The van der Waals surface area contributed by atoms with E-state index < -0.39 is 17.3 Å². The van der Waals surface area contributed by atoms with Gasteiger partial charge in [-0.3, -0.25) is 9.59 Å². The fourth-order valence-electron chi connectivity index (χ4n) is 5.30. The van der Waals surface area contributed by atoms with E-state index >= 15 is 0 Å². The molecule has 5 rings (SSSR count). The maximum Gasteiger partial charge on any atom is 0.236 e. The van der Waals surface area contributed by atoms with E-state index in [1.165, 1.54) is 0 Å². The Labute approximate surface area is 200 Å². The number of halogens is 3. The SMILES string of the molecule is O=C1C[C@H](c2cccc(Cl)c2)[C@@]2(C(=O)Nc3cccc(Cl)c32)[C@H](c2cccc(Cl)c2)CN1. The summed E-state index contributed by atoms with van der Waals surface area (Å²) in [4.78, 5) is 26.9. The molecule has 2 amide bonds. The molecule has 0 bridgehead atoms. The number of benzene rings is 3. The van der Waals surface area contributed by atoms with Crippen molar-refractivity contribution in [1.82, 2.24) is 5.32 Å². The van der Waals surface area contributed by atoms with E-state index in [9.17, 15) is 9.59 Å². The van der Waals surface area contributed by atoms with Crippen molar-refractivity contribution in [3.8, 4) is 0 Å². The molecule has 162 valence electrons. The minimum absolute atomic E-state index is 0.121. The topological polar surface area (TPSA) is 58.2 Å². The highest BCUT2D eigenvalue weighted by molar-refractivity contribution is 6.33. The number of anilines is 1. The zero-order valence-corrected chi connectivity index (χ0v) is 19.1. The maximum atomic E-state index is 14.0. The van der Waals surface area contributed by atoms with Crippen molar-refractivity contribution in [2.24, 2.45) is 0 Å². The Bertz CT molecular complexity index is 1250. The number of hydrogen-bond donors (Lipinski definition) is 2. The molecule has 2 aliphatic rings. The standard InChI is InChI=1S/C25H19Cl3N2O2/c26-16-6-1-4-14(10-16)18-12-22(31)29-13-19(15-5-2-7-17(27)11-15)25(18)23-20(28)8-3-9-21(23)30-24(25)32/h1-11,18-19H,12-13H2,(H,29,31)(H,30,32)/t18-,19+,25-/m1/s1. The number of carbonyl (C=O) groups is 2. The van der Waals surface area contributed by atoms with Gasteiger partial charge in [0.25, 0.3) is 0 Å². The van der Waals surface area contributed by atoms with Gasteiger partial charge in [0.05, 0.1) is 5.41 Å². The average molecular weight is 486 g/mol. The first-order chi connectivity index (χ1) is 15.4. The van der Waals surface area contributed by atoms with Crippen molar-refractivity contribution < 1.29 is 9.59 Å². The first-order valence-electron chi connectivity index (χ1n) is 10.3. The monoisotopic (exact) mass is 484 g/mol. The van der Waals surface area contributed by atoms with Gasteiger partial charge < -0.3 is 10.6 Å². The van der Waals surface area contributed by atoms with Gasteiger partial charge in [-0.1, -0.05) is 65.1 Å². The number of nitrogens with one attached hydrogen (secondary N) is 2. The third-order valence-electron chi connectivity index (χ3n) is 6.55. The molecule has 3 aromatic rings. The highest BCUT2D eigenvalue weighted by atomic mass is 35.5. The van der Waals surface area contributed by atoms with E-state index in [2.05, 4.69) is 10.6 Å². The molecule has 0 radical (unpaired) electrons. The van der Waals surface area contributed by atoms with Crippen molar-refractivity contribution in [1.29, 1.82) is 0 Å². The van der Waals surface area contributed by atoms with E-state index in [-0.39, 0.29) is 24.8 Å². The molecule has 4 nitrogen and oxygen atoms in total. The predicted molar refractivity (Wildman–Crippen MR) is 128 cm³/mol. The molecule has 0 unspecified atom stereocenters. The van der Waals surface area contributed by atoms with Crippen LogP contribution in [0.1, 0.15) is 34.9 Å². The molecule has 7 heteroatoms. The van der Waals surface area contributed by atoms with Gasteiger partial charge >= 0.3 is 0 Å². The van der Waals surface area contributed by atoms with Crippen LogP contribution in [0, 0.1) is 0 Å². The van der Waals surface area contributed by atoms with Gasteiger partial charge in [-0.2, -0.15) is 0 Å². The molecule has 1 fully saturated rings. The summed E-state index contributed by atoms with van der Waals surface area (Å²) in [5.74, 6) is -1.22. The number of amides is 2. The lowest BCUT2D eigenvalue weighted by Gasteiger charge is -2.41. The second-order valence-corrected chi connectivity index (χ2v) is 9.49. The Hall–Kier alpha value is -2.53. The Morgan fingerprint density at radius 3 is 2.09 bits per heavy atom. The first-order valence-corrected chi connectivity index (χ1v) is 11.4. The molecule has 3 atom stereocenters. The zero-order valence-electron chi connectivity index (χ0n) is 16.9. The molecule has 1 saturated heterocycles. The van der Waals surface area contributed by atoms with E-state index in [1.54, 1.807) is 18.2 Å². The van der Waals surface area contributed by atoms with Crippen LogP contribution in [0.5, 0.6) is 0 Å². The van der Waals surface area contributed by atoms with Crippen LogP contribution in [-0.4, -0.2) is 18.4 Å². The summed E-state index contributed by atoms with van der Waals surface area (Å²) in [7, 11) is 0. The van der Waals surface area contributed by atoms with Crippen LogP contribution in [0.4, 0.5) is 5.69 Å².